The number of piperidine rings is 1. The van der Waals surface area contributed by atoms with E-state index in [2.05, 4.69) is 4.98 Å². The van der Waals surface area contributed by atoms with Gasteiger partial charge in [0.15, 0.2) is 5.16 Å². The molecule has 2 heterocycles. The average molecular weight is 393 g/mol. The van der Waals surface area contributed by atoms with Crippen molar-refractivity contribution >= 4 is 34.7 Å². The summed E-state index contributed by atoms with van der Waals surface area (Å²) >= 11 is 1.48. The molecule has 27 heavy (non-hydrogen) atoms. The van der Waals surface area contributed by atoms with Crippen molar-refractivity contribution in [1.82, 2.24) is 14.5 Å². The van der Waals surface area contributed by atoms with Crippen LogP contribution in [0.1, 0.15) is 32.6 Å². The molecule has 1 N–H and O–H groups in total. The first-order valence-electron chi connectivity index (χ1n) is 9.26. The molecule has 3 rings (SSSR count). The minimum Gasteiger partial charge on any atom is -0.480 e. The highest BCUT2D eigenvalue weighted by atomic mass is 32.2. The highest BCUT2D eigenvalue weighted by molar-refractivity contribution is 7.99. The van der Waals surface area contributed by atoms with Gasteiger partial charge in [0.25, 0.3) is 0 Å². The second-order valence-corrected chi connectivity index (χ2v) is 7.90. The number of nitrogens with zero attached hydrogens (tertiary/aromatic N) is 3. The third-order valence-corrected chi connectivity index (χ3v) is 5.96. The number of carbonyl (C=O) groups excluding carboxylic acids is 1. The van der Waals surface area contributed by atoms with Crippen LogP contribution in [0.5, 0.6) is 0 Å². The monoisotopic (exact) mass is 393 g/mol. The number of aliphatic carboxylic acids is 1. The van der Waals surface area contributed by atoms with Crippen LogP contribution < -0.4 is 0 Å². The third-order valence-electron chi connectivity index (χ3n) is 4.75. The number of carbonyl (C=O) groups is 2. The summed E-state index contributed by atoms with van der Waals surface area (Å²) < 4.78 is 15.1. The number of fused-ring (bicyclic) bond motifs is 1. The van der Waals surface area contributed by atoms with Gasteiger partial charge >= 0.3 is 5.97 Å². The molecule has 1 amide bonds. The van der Waals surface area contributed by atoms with Crippen molar-refractivity contribution in [1.29, 1.82) is 0 Å². The summed E-state index contributed by atoms with van der Waals surface area (Å²) in [6.45, 7) is 3.34. The summed E-state index contributed by atoms with van der Waals surface area (Å²) in [7, 11) is 0. The fourth-order valence-corrected chi connectivity index (χ4v) is 4.61. The maximum atomic E-state index is 13.5. The fraction of sp³-hybridized carbons (Fsp3) is 0.526. The van der Waals surface area contributed by atoms with E-state index < -0.39 is 11.8 Å². The van der Waals surface area contributed by atoms with Gasteiger partial charge in [0.2, 0.25) is 5.91 Å². The minimum absolute atomic E-state index is 0.209. The lowest BCUT2D eigenvalue weighted by Gasteiger charge is -2.32. The molecule has 1 aromatic carbocycles. The molecule has 6 nitrogen and oxygen atoms in total. The third kappa shape index (κ3) is 4.80. The van der Waals surface area contributed by atoms with Gasteiger partial charge in [-0.3, -0.25) is 9.59 Å². The van der Waals surface area contributed by atoms with Crippen LogP contribution in [-0.2, 0) is 16.1 Å². The standard InChI is InChI=1S/C19H24FN3O3S/c1-2-4-17(24)22-8-3-5-13(10-22)12-27-19-21-15-9-14(20)6-7-16(15)23(19)11-18(25)26/h6-7,9,13H,2-5,8,10-12H2,1H3,(H,25,26). The number of carboxylic acid groups (broad SMARTS) is 1. The summed E-state index contributed by atoms with van der Waals surface area (Å²) in [6, 6.07) is 4.20. The van der Waals surface area contributed by atoms with Crippen molar-refractivity contribution < 1.29 is 19.1 Å². The predicted molar refractivity (Wildman–Crippen MR) is 102 cm³/mol. The van der Waals surface area contributed by atoms with Crippen LogP contribution in [0.25, 0.3) is 11.0 Å². The second kappa shape index (κ2) is 8.73. The zero-order chi connectivity index (χ0) is 19.4. The Bertz CT molecular complexity index is 839. The number of halogens is 1. The van der Waals surface area contributed by atoms with Crippen LogP contribution >= 0.6 is 11.8 Å². The van der Waals surface area contributed by atoms with Gasteiger partial charge in [0.1, 0.15) is 12.4 Å². The van der Waals surface area contributed by atoms with Crippen molar-refractivity contribution in [3.05, 3.63) is 24.0 Å². The first-order chi connectivity index (χ1) is 13.0. The largest absolute Gasteiger partial charge is 0.480 e. The van der Waals surface area contributed by atoms with Crippen LogP contribution in [0, 0.1) is 11.7 Å². The maximum Gasteiger partial charge on any atom is 0.323 e. The van der Waals surface area contributed by atoms with Gasteiger partial charge in [-0.1, -0.05) is 18.7 Å². The van der Waals surface area contributed by atoms with Gasteiger partial charge in [0, 0.05) is 31.3 Å². The number of hydrogen-bond acceptors (Lipinski definition) is 4. The molecule has 1 aromatic heterocycles. The molecule has 2 aromatic rings. The Morgan fingerprint density at radius 2 is 2.22 bits per heavy atom. The number of thioether (sulfide) groups is 1. The lowest BCUT2D eigenvalue weighted by molar-refractivity contribution is -0.137. The SMILES string of the molecule is CCCC(=O)N1CCCC(CSc2nc3cc(F)ccc3n2CC(=O)O)C1. The fourth-order valence-electron chi connectivity index (χ4n) is 3.47. The van der Waals surface area contributed by atoms with E-state index in [0.29, 0.717) is 28.5 Å². The Morgan fingerprint density at radius 1 is 1.41 bits per heavy atom. The van der Waals surface area contributed by atoms with Crippen molar-refractivity contribution in [2.75, 3.05) is 18.8 Å². The van der Waals surface area contributed by atoms with Crippen LogP contribution in [-0.4, -0.2) is 50.3 Å². The average Bonchev–Trinajstić information content (AvgIpc) is 2.96. The highest BCUT2D eigenvalue weighted by Gasteiger charge is 2.24. The van der Waals surface area contributed by atoms with Gasteiger partial charge < -0.3 is 14.6 Å². The van der Waals surface area contributed by atoms with Crippen LogP contribution in [0.4, 0.5) is 4.39 Å². The zero-order valence-corrected chi connectivity index (χ0v) is 16.2. The van der Waals surface area contributed by atoms with E-state index in [1.54, 1.807) is 10.6 Å². The molecule has 1 saturated heterocycles. The number of carboxylic acids is 1. The van der Waals surface area contributed by atoms with Gasteiger partial charge in [0.05, 0.1) is 11.0 Å². The molecule has 1 aliphatic rings. The van der Waals surface area contributed by atoms with Gasteiger partial charge in [-0.2, -0.15) is 0 Å². The molecule has 8 heteroatoms. The summed E-state index contributed by atoms with van der Waals surface area (Å²) in [5.41, 5.74) is 1.08. The van der Waals surface area contributed by atoms with Crippen molar-refractivity contribution in [2.45, 2.75) is 44.3 Å². The van der Waals surface area contributed by atoms with Crippen LogP contribution in [0.3, 0.4) is 0 Å². The maximum absolute atomic E-state index is 13.5. The van der Waals surface area contributed by atoms with Gasteiger partial charge in [-0.05, 0) is 37.3 Å². The van der Waals surface area contributed by atoms with E-state index in [0.717, 1.165) is 38.1 Å². The smallest absolute Gasteiger partial charge is 0.323 e. The molecule has 0 aliphatic carbocycles. The second-order valence-electron chi connectivity index (χ2n) is 6.92. The molecule has 1 atom stereocenters. The number of aromatic nitrogens is 2. The summed E-state index contributed by atoms with van der Waals surface area (Å²) in [5.74, 6) is -0.0486. The molecule has 1 aliphatic heterocycles. The molecule has 0 bridgehead atoms. The molecular formula is C19H24FN3O3S. The number of likely N-dealkylation sites (tertiary alicyclic amines) is 1. The highest BCUT2D eigenvalue weighted by Crippen LogP contribution is 2.29. The Morgan fingerprint density at radius 3 is 2.96 bits per heavy atom. The van der Waals surface area contributed by atoms with Crippen molar-refractivity contribution in [3.8, 4) is 0 Å². The number of rotatable bonds is 7. The van der Waals surface area contributed by atoms with Gasteiger partial charge in [-0.15, -0.1) is 0 Å². The summed E-state index contributed by atoms with van der Waals surface area (Å²) in [6.07, 6.45) is 3.46. The first kappa shape index (κ1) is 19.7. The lowest BCUT2D eigenvalue weighted by Crippen LogP contribution is -2.40. The minimum atomic E-state index is -0.963. The van der Waals surface area contributed by atoms with Crippen molar-refractivity contribution in [3.63, 3.8) is 0 Å². The Kier molecular flexibility index (Phi) is 6.36. The van der Waals surface area contributed by atoms with E-state index in [4.69, 9.17) is 0 Å². The van der Waals surface area contributed by atoms with Crippen LogP contribution in [0.15, 0.2) is 23.4 Å². The topological polar surface area (TPSA) is 75.4 Å². The molecule has 0 radical (unpaired) electrons. The van der Waals surface area contributed by atoms with Gasteiger partial charge in [-0.25, -0.2) is 9.37 Å². The van der Waals surface area contributed by atoms with E-state index in [-0.39, 0.29) is 12.5 Å². The van der Waals surface area contributed by atoms with E-state index in [1.165, 1.54) is 23.9 Å². The van der Waals surface area contributed by atoms with E-state index in [1.807, 2.05) is 11.8 Å². The number of benzene rings is 1. The van der Waals surface area contributed by atoms with Crippen molar-refractivity contribution in [2.24, 2.45) is 5.92 Å². The summed E-state index contributed by atoms with van der Waals surface area (Å²) in [4.78, 5) is 29.8. The van der Waals surface area contributed by atoms with E-state index >= 15 is 0 Å². The molecular weight excluding hydrogens is 369 g/mol. The first-order valence-corrected chi connectivity index (χ1v) is 10.2. The lowest BCUT2D eigenvalue weighted by atomic mass is 10.00. The number of amides is 1. The number of imidazole rings is 1. The molecule has 1 fully saturated rings. The Labute approximate surface area is 161 Å². The normalized spacial score (nSPS) is 17.4. The zero-order valence-electron chi connectivity index (χ0n) is 15.4. The summed E-state index contributed by atoms with van der Waals surface area (Å²) in [5, 5.41) is 9.79. The van der Waals surface area contributed by atoms with Crippen LogP contribution in [0.2, 0.25) is 0 Å². The molecule has 0 saturated carbocycles. The predicted octanol–water partition coefficient (Wildman–Crippen LogP) is 3.39. The molecule has 1 unspecified atom stereocenters. The molecule has 146 valence electrons. The number of hydrogen-bond donors (Lipinski definition) is 1. The Balaban J connectivity index is 1.72. The Hall–Kier alpha value is -2.09. The molecule has 0 spiro atoms. The van der Waals surface area contributed by atoms with E-state index in [9.17, 15) is 19.1 Å². The quantitative estimate of drug-likeness (QED) is 0.730.